The first-order valence-corrected chi connectivity index (χ1v) is 6.26. The molecule has 0 atom stereocenters. The monoisotopic (exact) mass is 259 g/mol. The Bertz CT molecular complexity index is 608. The van der Waals surface area contributed by atoms with Crippen LogP contribution in [0.1, 0.15) is 29.4 Å². The summed E-state index contributed by atoms with van der Waals surface area (Å²) < 4.78 is 10.1. The highest BCUT2D eigenvalue weighted by atomic mass is 16.5. The molecule has 4 nitrogen and oxygen atoms in total. The van der Waals surface area contributed by atoms with Crippen LogP contribution in [0.4, 0.5) is 0 Å². The van der Waals surface area contributed by atoms with Crippen molar-refractivity contribution in [1.82, 2.24) is 4.98 Å². The molecule has 0 aliphatic rings. The lowest BCUT2D eigenvalue weighted by Gasteiger charge is -2.10. The Balaban J connectivity index is 2.70. The highest BCUT2D eigenvalue weighted by Crippen LogP contribution is 2.28. The first-order chi connectivity index (χ1) is 9.21. The van der Waals surface area contributed by atoms with Crippen LogP contribution in [-0.4, -0.2) is 25.2 Å². The van der Waals surface area contributed by atoms with Gasteiger partial charge >= 0.3 is 5.97 Å². The van der Waals surface area contributed by atoms with E-state index in [9.17, 15) is 4.79 Å². The molecular weight excluding hydrogens is 242 g/mol. The number of para-hydroxylation sites is 1. The molecule has 1 aromatic carbocycles. The Morgan fingerprint density at radius 2 is 2.11 bits per heavy atom. The van der Waals surface area contributed by atoms with Crippen LogP contribution in [0.25, 0.3) is 10.9 Å². The number of esters is 1. The molecule has 0 aliphatic heterocycles. The number of hydrogen-bond donors (Lipinski definition) is 0. The zero-order chi connectivity index (χ0) is 13.8. The molecule has 0 saturated carbocycles. The summed E-state index contributed by atoms with van der Waals surface area (Å²) in [4.78, 5) is 16.1. The molecule has 19 heavy (non-hydrogen) atoms. The standard InChI is InChI=1S/C15H17NO3/c1-4-6-10-7-5-8-11-13(18-2)9-12(15(17)19-3)16-14(10)11/h5,7-9H,4,6H2,1-3H3. The fourth-order valence-electron chi connectivity index (χ4n) is 2.13. The van der Waals surface area contributed by atoms with Gasteiger partial charge in [0.15, 0.2) is 5.69 Å². The summed E-state index contributed by atoms with van der Waals surface area (Å²) in [7, 11) is 2.93. The molecule has 4 heteroatoms. The van der Waals surface area contributed by atoms with Crippen LogP contribution >= 0.6 is 0 Å². The summed E-state index contributed by atoms with van der Waals surface area (Å²) in [5.41, 5.74) is 2.20. The maximum Gasteiger partial charge on any atom is 0.356 e. The molecule has 0 unspecified atom stereocenters. The van der Waals surface area contributed by atoms with E-state index in [0.717, 1.165) is 29.3 Å². The number of benzene rings is 1. The average Bonchev–Trinajstić information content (AvgIpc) is 2.46. The minimum absolute atomic E-state index is 0.274. The molecule has 0 amide bonds. The quantitative estimate of drug-likeness (QED) is 0.792. The van der Waals surface area contributed by atoms with E-state index in [1.54, 1.807) is 13.2 Å². The third-order valence-electron chi connectivity index (χ3n) is 3.02. The lowest BCUT2D eigenvalue weighted by atomic mass is 10.0. The number of carbonyl (C=O) groups excluding carboxylic acids is 1. The number of aryl methyl sites for hydroxylation is 1. The number of aromatic nitrogens is 1. The van der Waals surface area contributed by atoms with E-state index in [-0.39, 0.29) is 5.69 Å². The number of fused-ring (bicyclic) bond motifs is 1. The second-order valence-electron chi connectivity index (χ2n) is 4.26. The van der Waals surface area contributed by atoms with Crippen LogP contribution in [0.3, 0.4) is 0 Å². The summed E-state index contributed by atoms with van der Waals surface area (Å²) in [6.45, 7) is 2.11. The topological polar surface area (TPSA) is 48.4 Å². The van der Waals surface area contributed by atoms with Crippen LogP contribution in [0.5, 0.6) is 5.75 Å². The summed E-state index contributed by atoms with van der Waals surface area (Å²) >= 11 is 0. The van der Waals surface area contributed by atoms with Gasteiger partial charge in [-0.1, -0.05) is 25.5 Å². The third-order valence-corrected chi connectivity index (χ3v) is 3.02. The van der Waals surface area contributed by atoms with Gasteiger partial charge in [-0.15, -0.1) is 0 Å². The molecule has 0 saturated heterocycles. The van der Waals surface area contributed by atoms with Crippen molar-refractivity contribution in [2.75, 3.05) is 14.2 Å². The van der Waals surface area contributed by atoms with Gasteiger partial charge in [-0.05, 0) is 18.1 Å². The predicted octanol–water partition coefficient (Wildman–Crippen LogP) is 2.98. The lowest BCUT2D eigenvalue weighted by molar-refractivity contribution is 0.0594. The van der Waals surface area contributed by atoms with E-state index in [0.29, 0.717) is 5.75 Å². The molecule has 100 valence electrons. The summed E-state index contributed by atoms with van der Waals surface area (Å²) in [6.07, 6.45) is 1.93. The molecule has 0 spiro atoms. The molecule has 2 rings (SSSR count). The predicted molar refractivity (Wildman–Crippen MR) is 73.6 cm³/mol. The average molecular weight is 259 g/mol. The van der Waals surface area contributed by atoms with Gasteiger partial charge in [-0.3, -0.25) is 0 Å². The number of carbonyl (C=O) groups is 1. The highest BCUT2D eigenvalue weighted by molar-refractivity contribution is 5.95. The number of methoxy groups -OCH3 is 2. The highest BCUT2D eigenvalue weighted by Gasteiger charge is 2.14. The first-order valence-electron chi connectivity index (χ1n) is 6.26. The second-order valence-corrected chi connectivity index (χ2v) is 4.26. The number of nitrogens with zero attached hydrogens (tertiary/aromatic N) is 1. The summed E-state index contributed by atoms with van der Waals surface area (Å²) in [5.74, 6) is 0.190. The Morgan fingerprint density at radius 1 is 1.32 bits per heavy atom. The maximum atomic E-state index is 11.7. The number of hydrogen-bond acceptors (Lipinski definition) is 4. The van der Waals surface area contributed by atoms with Crippen molar-refractivity contribution in [2.24, 2.45) is 0 Å². The van der Waals surface area contributed by atoms with Gasteiger partial charge in [-0.2, -0.15) is 0 Å². The molecular formula is C15H17NO3. The van der Waals surface area contributed by atoms with Crippen molar-refractivity contribution < 1.29 is 14.3 Å². The minimum atomic E-state index is -0.452. The van der Waals surface area contributed by atoms with Crippen molar-refractivity contribution in [3.63, 3.8) is 0 Å². The van der Waals surface area contributed by atoms with Crippen LogP contribution in [0.15, 0.2) is 24.3 Å². The van der Waals surface area contributed by atoms with Crippen molar-refractivity contribution >= 4 is 16.9 Å². The second kappa shape index (κ2) is 5.69. The summed E-state index contributed by atoms with van der Waals surface area (Å²) in [5, 5.41) is 0.918. The number of ether oxygens (including phenoxy) is 2. The van der Waals surface area contributed by atoms with Crippen LogP contribution < -0.4 is 4.74 Å². The SMILES string of the molecule is CCCc1cccc2c(OC)cc(C(=O)OC)nc12. The van der Waals surface area contributed by atoms with Gasteiger partial charge in [-0.25, -0.2) is 9.78 Å². The lowest BCUT2D eigenvalue weighted by Crippen LogP contribution is -2.06. The van der Waals surface area contributed by atoms with E-state index >= 15 is 0 Å². The molecule has 2 aromatic rings. The normalized spacial score (nSPS) is 10.5. The smallest absolute Gasteiger partial charge is 0.356 e. The van der Waals surface area contributed by atoms with Crippen molar-refractivity contribution in [3.05, 3.63) is 35.5 Å². The van der Waals surface area contributed by atoms with Gasteiger partial charge in [0.1, 0.15) is 5.75 Å². The molecule has 1 aromatic heterocycles. The van der Waals surface area contributed by atoms with Crippen LogP contribution in [0, 0.1) is 0 Å². The molecule has 1 heterocycles. The molecule has 0 aliphatic carbocycles. The number of rotatable bonds is 4. The van der Waals surface area contributed by atoms with Gasteiger partial charge in [0.25, 0.3) is 0 Å². The van der Waals surface area contributed by atoms with Crippen molar-refractivity contribution in [3.8, 4) is 5.75 Å². The molecule has 0 N–H and O–H groups in total. The Kier molecular flexibility index (Phi) is 4.00. The summed E-state index contributed by atoms with van der Waals surface area (Å²) in [6, 6.07) is 7.57. The molecule has 0 bridgehead atoms. The zero-order valence-corrected chi connectivity index (χ0v) is 11.4. The largest absolute Gasteiger partial charge is 0.496 e. The Labute approximate surface area is 112 Å². The van der Waals surface area contributed by atoms with E-state index < -0.39 is 5.97 Å². The van der Waals surface area contributed by atoms with Gasteiger partial charge < -0.3 is 9.47 Å². The Hall–Kier alpha value is -2.10. The fourth-order valence-corrected chi connectivity index (χ4v) is 2.13. The minimum Gasteiger partial charge on any atom is -0.496 e. The molecule has 0 fully saturated rings. The van der Waals surface area contributed by atoms with E-state index in [1.165, 1.54) is 7.11 Å². The fraction of sp³-hybridized carbons (Fsp3) is 0.333. The van der Waals surface area contributed by atoms with Crippen molar-refractivity contribution in [1.29, 1.82) is 0 Å². The maximum absolute atomic E-state index is 11.7. The van der Waals surface area contributed by atoms with Crippen molar-refractivity contribution in [2.45, 2.75) is 19.8 Å². The van der Waals surface area contributed by atoms with E-state index in [2.05, 4.69) is 11.9 Å². The Morgan fingerprint density at radius 3 is 2.74 bits per heavy atom. The van der Waals surface area contributed by atoms with E-state index in [1.807, 2.05) is 18.2 Å². The van der Waals surface area contributed by atoms with Crippen LogP contribution in [0.2, 0.25) is 0 Å². The number of pyridine rings is 1. The van der Waals surface area contributed by atoms with Gasteiger partial charge in [0, 0.05) is 11.5 Å². The first kappa shape index (κ1) is 13.3. The van der Waals surface area contributed by atoms with E-state index in [4.69, 9.17) is 9.47 Å². The van der Waals surface area contributed by atoms with Crippen LogP contribution in [-0.2, 0) is 11.2 Å². The zero-order valence-electron chi connectivity index (χ0n) is 11.4. The molecule has 0 radical (unpaired) electrons. The van der Waals surface area contributed by atoms with Gasteiger partial charge in [0.05, 0.1) is 19.7 Å². The third kappa shape index (κ3) is 2.52. The van der Waals surface area contributed by atoms with Gasteiger partial charge in [0.2, 0.25) is 0 Å².